The molecule has 0 radical (unpaired) electrons. The fourth-order valence-corrected chi connectivity index (χ4v) is 1.21. The molecule has 5 nitrogen and oxygen atoms in total. The third-order valence-corrected chi connectivity index (χ3v) is 1.99. The second-order valence-electron chi connectivity index (χ2n) is 2.39. The van der Waals surface area contributed by atoms with Gasteiger partial charge < -0.3 is 9.47 Å². The number of methoxy groups -OCH3 is 2. The Bertz CT molecular complexity index is 388. The minimum atomic E-state index is 0.411. The zero-order chi connectivity index (χ0) is 10.6. The van der Waals surface area contributed by atoms with Gasteiger partial charge in [-0.2, -0.15) is 0 Å². The lowest BCUT2D eigenvalue weighted by atomic mass is 10.3. The molecular weight excluding hydrogens is 202 g/mol. The first-order chi connectivity index (χ1) is 6.72. The molecule has 1 rings (SSSR count). The molecule has 0 unspecified atom stereocenters. The minimum absolute atomic E-state index is 0.411. The van der Waals surface area contributed by atoms with Crippen LogP contribution in [0.15, 0.2) is 22.1 Å². The van der Waals surface area contributed by atoms with E-state index in [4.69, 9.17) is 15.0 Å². The van der Waals surface area contributed by atoms with Crippen molar-refractivity contribution in [3.8, 4) is 11.5 Å². The maximum Gasteiger partial charge on any atom is 0.161 e. The van der Waals surface area contributed by atoms with Crippen molar-refractivity contribution in [2.75, 3.05) is 14.2 Å². The summed E-state index contributed by atoms with van der Waals surface area (Å²) in [4.78, 5) is 3.22. The van der Waals surface area contributed by atoms with Crippen LogP contribution >= 0.6 is 12.6 Å². The third-order valence-electron chi connectivity index (χ3n) is 1.63. The Morgan fingerprint density at radius 1 is 1.29 bits per heavy atom. The third kappa shape index (κ3) is 2.04. The van der Waals surface area contributed by atoms with Crippen molar-refractivity contribution in [2.45, 2.75) is 4.90 Å². The number of nitrogens with zero attached hydrogens (tertiary/aromatic N) is 3. The first-order valence-corrected chi connectivity index (χ1v) is 4.17. The van der Waals surface area contributed by atoms with E-state index < -0.39 is 0 Å². The van der Waals surface area contributed by atoms with E-state index in [2.05, 4.69) is 22.7 Å². The molecule has 0 aromatic heterocycles. The van der Waals surface area contributed by atoms with Gasteiger partial charge in [0, 0.05) is 9.81 Å². The van der Waals surface area contributed by atoms with Gasteiger partial charge in [-0.25, -0.2) is 0 Å². The molecule has 0 atom stereocenters. The van der Waals surface area contributed by atoms with Gasteiger partial charge in [0.25, 0.3) is 0 Å². The minimum Gasteiger partial charge on any atom is -0.493 e. The predicted octanol–water partition coefficient (Wildman–Crippen LogP) is 2.93. The lowest BCUT2D eigenvalue weighted by molar-refractivity contribution is 0.354. The number of thiol groups is 1. The summed E-state index contributed by atoms with van der Waals surface area (Å²) in [6, 6.07) is 3.20. The van der Waals surface area contributed by atoms with Crippen LogP contribution in [0.3, 0.4) is 0 Å². The Balaban J connectivity index is 3.29. The van der Waals surface area contributed by atoms with Crippen molar-refractivity contribution < 1.29 is 9.47 Å². The first kappa shape index (κ1) is 10.6. The van der Waals surface area contributed by atoms with Crippen molar-refractivity contribution >= 4 is 18.3 Å². The monoisotopic (exact) mass is 211 g/mol. The molecule has 0 fully saturated rings. The van der Waals surface area contributed by atoms with Gasteiger partial charge in [0.2, 0.25) is 0 Å². The van der Waals surface area contributed by atoms with Gasteiger partial charge in [-0.1, -0.05) is 5.11 Å². The van der Waals surface area contributed by atoms with E-state index in [0.717, 1.165) is 0 Å². The van der Waals surface area contributed by atoms with E-state index in [1.54, 1.807) is 12.1 Å². The topological polar surface area (TPSA) is 67.2 Å². The maximum absolute atomic E-state index is 8.29. The molecule has 0 bridgehead atoms. The van der Waals surface area contributed by atoms with Crippen LogP contribution in [0.4, 0.5) is 5.69 Å². The summed E-state index contributed by atoms with van der Waals surface area (Å²) in [6.07, 6.45) is 0. The van der Waals surface area contributed by atoms with Crippen LogP contribution in [-0.4, -0.2) is 14.2 Å². The number of ether oxygens (including phenoxy) is 2. The molecule has 1 aromatic carbocycles. The van der Waals surface area contributed by atoms with Gasteiger partial charge >= 0.3 is 0 Å². The molecule has 1 aromatic rings. The van der Waals surface area contributed by atoms with E-state index in [-0.39, 0.29) is 0 Å². The molecule has 74 valence electrons. The van der Waals surface area contributed by atoms with Crippen LogP contribution in [0.1, 0.15) is 0 Å². The maximum atomic E-state index is 8.29. The van der Waals surface area contributed by atoms with Gasteiger partial charge in [0.05, 0.1) is 19.9 Å². The van der Waals surface area contributed by atoms with Crippen LogP contribution in [0.25, 0.3) is 10.4 Å². The number of rotatable bonds is 3. The standard InChI is InChI=1S/C8H9N3O2S/c1-12-6-3-5(10-11-9)8(14)4-7(6)13-2/h3-4,14H,1-2H3. The second-order valence-corrected chi connectivity index (χ2v) is 2.87. The Kier molecular flexibility index (Phi) is 3.50. The van der Waals surface area contributed by atoms with Gasteiger partial charge in [0.1, 0.15) is 0 Å². The highest BCUT2D eigenvalue weighted by Crippen LogP contribution is 2.36. The normalized spacial score (nSPS) is 9.07. The Labute approximate surface area is 86.7 Å². The molecule has 0 aliphatic rings. The highest BCUT2D eigenvalue weighted by Gasteiger charge is 2.07. The predicted molar refractivity (Wildman–Crippen MR) is 55.6 cm³/mol. The number of hydrogen-bond donors (Lipinski definition) is 1. The molecule has 6 heteroatoms. The van der Waals surface area contributed by atoms with Crippen molar-refractivity contribution in [3.05, 3.63) is 22.6 Å². The Morgan fingerprint density at radius 3 is 2.36 bits per heavy atom. The van der Waals surface area contributed by atoms with Crippen LogP contribution in [-0.2, 0) is 0 Å². The van der Waals surface area contributed by atoms with Gasteiger partial charge in [-0.05, 0) is 17.7 Å². The molecule has 0 N–H and O–H groups in total. The quantitative estimate of drug-likeness (QED) is 0.361. The molecule has 0 spiro atoms. The van der Waals surface area contributed by atoms with Crippen molar-refractivity contribution in [1.29, 1.82) is 0 Å². The smallest absolute Gasteiger partial charge is 0.161 e. The summed E-state index contributed by atoms with van der Waals surface area (Å²) < 4.78 is 10.1. The fraction of sp³-hybridized carbons (Fsp3) is 0.250. The molecule has 0 saturated carbocycles. The van der Waals surface area contributed by atoms with Crippen molar-refractivity contribution in [3.63, 3.8) is 0 Å². The summed E-state index contributed by atoms with van der Waals surface area (Å²) >= 11 is 4.14. The van der Waals surface area contributed by atoms with Crippen LogP contribution in [0.2, 0.25) is 0 Å². The lowest BCUT2D eigenvalue weighted by Crippen LogP contribution is -1.90. The van der Waals surface area contributed by atoms with E-state index in [9.17, 15) is 0 Å². The highest BCUT2D eigenvalue weighted by molar-refractivity contribution is 7.80. The Morgan fingerprint density at radius 2 is 1.86 bits per heavy atom. The van der Waals surface area contributed by atoms with Crippen molar-refractivity contribution in [2.24, 2.45) is 5.11 Å². The van der Waals surface area contributed by atoms with Crippen LogP contribution < -0.4 is 9.47 Å². The average molecular weight is 211 g/mol. The SMILES string of the molecule is COc1cc(S)c(N=[N+]=[N-])cc1OC. The molecular formula is C8H9N3O2S. The van der Waals surface area contributed by atoms with Gasteiger partial charge in [-0.3, -0.25) is 0 Å². The molecule has 14 heavy (non-hydrogen) atoms. The van der Waals surface area contributed by atoms with Crippen molar-refractivity contribution in [1.82, 2.24) is 0 Å². The average Bonchev–Trinajstić information content (AvgIpc) is 2.20. The van der Waals surface area contributed by atoms with E-state index in [0.29, 0.717) is 22.1 Å². The second kappa shape index (κ2) is 4.64. The molecule has 0 heterocycles. The van der Waals surface area contributed by atoms with Gasteiger partial charge in [-0.15, -0.1) is 12.6 Å². The molecule has 0 amide bonds. The largest absolute Gasteiger partial charge is 0.493 e. The fourth-order valence-electron chi connectivity index (χ4n) is 0.986. The summed E-state index contributed by atoms with van der Waals surface area (Å²) in [5, 5.41) is 3.46. The molecule has 0 saturated heterocycles. The van der Waals surface area contributed by atoms with E-state index in [1.807, 2.05) is 0 Å². The Hall–Kier alpha value is -1.52. The first-order valence-electron chi connectivity index (χ1n) is 3.73. The zero-order valence-electron chi connectivity index (χ0n) is 7.76. The zero-order valence-corrected chi connectivity index (χ0v) is 8.65. The summed E-state index contributed by atoms with van der Waals surface area (Å²) in [5.41, 5.74) is 8.70. The summed E-state index contributed by atoms with van der Waals surface area (Å²) in [6.45, 7) is 0. The molecule has 0 aliphatic carbocycles. The van der Waals surface area contributed by atoms with Crippen LogP contribution in [0.5, 0.6) is 11.5 Å². The molecule has 0 aliphatic heterocycles. The number of hydrogen-bond acceptors (Lipinski definition) is 4. The number of benzene rings is 1. The van der Waals surface area contributed by atoms with Gasteiger partial charge in [0.15, 0.2) is 11.5 Å². The lowest BCUT2D eigenvalue weighted by Gasteiger charge is -2.09. The highest BCUT2D eigenvalue weighted by atomic mass is 32.1. The summed E-state index contributed by atoms with van der Waals surface area (Å²) in [5.74, 6) is 1.06. The summed E-state index contributed by atoms with van der Waals surface area (Å²) in [7, 11) is 3.04. The van der Waals surface area contributed by atoms with E-state index >= 15 is 0 Å². The van der Waals surface area contributed by atoms with Crippen LogP contribution in [0, 0.1) is 0 Å². The number of azide groups is 1. The van der Waals surface area contributed by atoms with E-state index in [1.165, 1.54) is 14.2 Å².